The number of carbonyl (C=O) groups is 1. The number of allylic oxidation sites excluding steroid dienone is 1. The molecule has 1 saturated heterocycles. The van der Waals surface area contributed by atoms with E-state index in [-0.39, 0.29) is 50.6 Å². The van der Waals surface area contributed by atoms with E-state index in [0.717, 1.165) is 0 Å². The largest absolute Gasteiger partial charge is 0.495 e. The van der Waals surface area contributed by atoms with Crippen molar-refractivity contribution >= 4 is 46.1 Å². The standard InChI is InChI=1S/C31H37Cl2N7O4/c1-8-35-30-36-15-18-11-21(24-25(32)22(43-6)12-23(44-7)26(24)33)29(42)40(27(18)37-30)10-9-38(5)20-16-39(17-20)28(41)19(14-34)13-31(2,3)4/h11-13,15,20H,8-10,16-17H2,1-7H3,(H,35,36,37)/b19-13-. The summed E-state index contributed by atoms with van der Waals surface area (Å²) in [5.41, 5.74) is 0.518. The lowest BCUT2D eigenvalue weighted by Crippen LogP contribution is -2.60. The molecule has 44 heavy (non-hydrogen) atoms. The Kier molecular flexibility index (Phi) is 10.1. The number of hydrogen-bond acceptors (Lipinski definition) is 9. The second-order valence-corrected chi connectivity index (χ2v) is 12.4. The third-order valence-corrected chi connectivity index (χ3v) is 8.13. The number of nitrogens with zero attached hydrogens (tertiary/aromatic N) is 6. The zero-order valence-corrected chi connectivity index (χ0v) is 27.5. The maximum Gasteiger partial charge on any atom is 0.264 e. The van der Waals surface area contributed by atoms with Crippen LogP contribution in [0.25, 0.3) is 22.2 Å². The number of hydrogen-bond donors (Lipinski definition) is 1. The van der Waals surface area contributed by atoms with Crippen LogP contribution >= 0.6 is 23.2 Å². The van der Waals surface area contributed by atoms with Gasteiger partial charge in [0.25, 0.3) is 11.5 Å². The van der Waals surface area contributed by atoms with E-state index in [9.17, 15) is 14.9 Å². The highest BCUT2D eigenvalue weighted by atomic mass is 35.5. The third-order valence-electron chi connectivity index (χ3n) is 7.38. The minimum absolute atomic E-state index is 0.0668. The van der Waals surface area contributed by atoms with Gasteiger partial charge in [-0.15, -0.1) is 0 Å². The van der Waals surface area contributed by atoms with Crippen molar-refractivity contribution in [1.82, 2.24) is 24.3 Å². The van der Waals surface area contributed by atoms with E-state index < -0.39 is 0 Å². The molecule has 1 fully saturated rings. The SMILES string of the molecule is CCNc1ncc2cc(-c3c(Cl)c(OC)cc(OC)c3Cl)c(=O)n(CCN(C)C3CN(C(=O)/C(C#N)=C\C(C)(C)C)C3)c2n1. The summed E-state index contributed by atoms with van der Waals surface area (Å²) in [4.78, 5) is 39.8. The molecule has 11 nitrogen and oxygen atoms in total. The first-order valence-corrected chi connectivity index (χ1v) is 15.0. The molecule has 0 saturated carbocycles. The first-order chi connectivity index (χ1) is 20.8. The highest BCUT2D eigenvalue weighted by molar-refractivity contribution is 6.41. The maximum absolute atomic E-state index is 14.2. The van der Waals surface area contributed by atoms with E-state index in [1.807, 2.05) is 40.8 Å². The zero-order valence-electron chi connectivity index (χ0n) is 26.0. The molecule has 0 radical (unpaired) electrons. The number of methoxy groups -OCH3 is 2. The number of anilines is 1. The number of amides is 1. The van der Waals surface area contributed by atoms with Gasteiger partial charge in [0.2, 0.25) is 5.95 Å². The van der Waals surface area contributed by atoms with Crippen LogP contribution in [0, 0.1) is 16.7 Å². The van der Waals surface area contributed by atoms with Gasteiger partial charge in [-0.1, -0.05) is 50.0 Å². The summed E-state index contributed by atoms with van der Waals surface area (Å²) in [5, 5.41) is 13.6. The summed E-state index contributed by atoms with van der Waals surface area (Å²) in [6.45, 7) is 10.1. The summed E-state index contributed by atoms with van der Waals surface area (Å²) >= 11 is 13.4. The molecule has 1 aliphatic rings. The summed E-state index contributed by atoms with van der Waals surface area (Å²) in [6, 6.07) is 5.35. The van der Waals surface area contributed by atoms with Gasteiger partial charge in [-0.25, -0.2) is 4.98 Å². The van der Waals surface area contributed by atoms with Crippen molar-refractivity contribution in [1.29, 1.82) is 5.26 Å². The minimum Gasteiger partial charge on any atom is -0.495 e. The van der Waals surface area contributed by atoms with Crippen molar-refractivity contribution in [3.8, 4) is 28.7 Å². The van der Waals surface area contributed by atoms with E-state index >= 15 is 0 Å². The van der Waals surface area contributed by atoms with Crippen LogP contribution in [0.1, 0.15) is 27.7 Å². The van der Waals surface area contributed by atoms with Gasteiger partial charge in [-0.05, 0) is 25.5 Å². The van der Waals surface area contributed by atoms with Gasteiger partial charge >= 0.3 is 0 Å². The van der Waals surface area contributed by atoms with Crippen molar-refractivity contribution < 1.29 is 14.3 Å². The fourth-order valence-electron chi connectivity index (χ4n) is 5.00. The van der Waals surface area contributed by atoms with Crippen LogP contribution in [-0.2, 0) is 11.3 Å². The number of fused-ring (bicyclic) bond motifs is 1. The number of pyridine rings is 1. The van der Waals surface area contributed by atoms with Crippen molar-refractivity contribution in [2.75, 3.05) is 52.8 Å². The monoisotopic (exact) mass is 641 g/mol. The van der Waals surface area contributed by atoms with Crippen molar-refractivity contribution in [3.63, 3.8) is 0 Å². The molecule has 0 aliphatic carbocycles. The number of ether oxygens (including phenoxy) is 2. The van der Waals surface area contributed by atoms with Crippen molar-refractivity contribution in [2.45, 2.75) is 40.3 Å². The molecule has 1 amide bonds. The second-order valence-electron chi connectivity index (χ2n) is 11.7. The smallest absolute Gasteiger partial charge is 0.264 e. The summed E-state index contributed by atoms with van der Waals surface area (Å²) in [6.07, 6.45) is 3.35. The van der Waals surface area contributed by atoms with Gasteiger partial charge < -0.3 is 19.7 Å². The zero-order chi connectivity index (χ0) is 32.3. The van der Waals surface area contributed by atoms with Crippen LogP contribution in [0.4, 0.5) is 5.95 Å². The summed E-state index contributed by atoms with van der Waals surface area (Å²) < 4.78 is 12.5. The Balaban J connectivity index is 1.67. The molecular formula is C31H37Cl2N7O4. The Morgan fingerprint density at radius 3 is 2.39 bits per heavy atom. The first kappa shape index (κ1) is 33.1. The van der Waals surface area contributed by atoms with Crippen LogP contribution in [0.3, 0.4) is 0 Å². The fourth-order valence-corrected chi connectivity index (χ4v) is 5.70. The topological polar surface area (TPSA) is 126 Å². The molecule has 3 heterocycles. The summed E-state index contributed by atoms with van der Waals surface area (Å²) in [7, 11) is 4.89. The highest BCUT2D eigenvalue weighted by Gasteiger charge is 2.35. The molecule has 1 aromatic carbocycles. The molecule has 0 bridgehead atoms. The van der Waals surface area contributed by atoms with E-state index in [1.54, 1.807) is 33.9 Å². The van der Waals surface area contributed by atoms with Crippen LogP contribution in [0.2, 0.25) is 10.0 Å². The number of nitrogens with one attached hydrogen (secondary N) is 1. The lowest BCUT2D eigenvalue weighted by atomic mass is 9.93. The third kappa shape index (κ3) is 6.78. The van der Waals surface area contributed by atoms with E-state index in [2.05, 4.69) is 20.2 Å². The number of halogens is 2. The Morgan fingerprint density at radius 2 is 1.84 bits per heavy atom. The number of aromatic nitrogens is 3. The van der Waals surface area contributed by atoms with Crippen LogP contribution in [0.15, 0.2) is 34.8 Å². The minimum atomic E-state index is -0.345. The Labute approximate surface area is 267 Å². The number of likely N-dealkylation sites (N-methyl/N-ethyl adjacent to an activating group) is 1. The molecular weight excluding hydrogens is 605 g/mol. The van der Waals surface area contributed by atoms with Gasteiger partial charge in [-0.2, -0.15) is 10.2 Å². The summed E-state index contributed by atoms with van der Waals surface area (Å²) in [5.74, 6) is 0.761. The highest BCUT2D eigenvalue weighted by Crippen LogP contribution is 2.45. The molecule has 234 valence electrons. The normalized spacial score (nSPS) is 14.0. The van der Waals surface area contributed by atoms with Crippen LogP contribution in [-0.4, -0.2) is 83.7 Å². The molecule has 2 aromatic heterocycles. The Bertz CT molecular complexity index is 1670. The van der Waals surface area contributed by atoms with Gasteiger partial charge in [0, 0.05) is 62.0 Å². The van der Waals surface area contributed by atoms with Gasteiger partial charge in [0.1, 0.15) is 28.8 Å². The number of nitriles is 1. The predicted molar refractivity (Wildman–Crippen MR) is 173 cm³/mol. The van der Waals surface area contributed by atoms with E-state index in [4.69, 9.17) is 32.7 Å². The fraction of sp³-hybridized carbons (Fsp3) is 0.452. The van der Waals surface area contributed by atoms with E-state index in [1.165, 1.54) is 14.2 Å². The Morgan fingerprint density at radius 1 is 1.20 bits per heavy atom. The van der Waals surface area contributed by atoms with Crippen molar-refractivity contribution in [3.05, 3.63) is 50.4 Å². The maximum atomic E-state index is 14.2. The molecule has 4 rings (SSSR count). The number of rotatable bonds is 10. The average Bonchev–Trinajstić information content (AvgIpc) is 2.95. The first-order valence-electron chi connectivity index (χ1n) is 14.2. The lowest BCUT2D eigenvalue weighted by molar-refractivity contribution is -0.133. The number of carbonyl (C=O) groups excluding carboxylic acids is 1. The predicted octanol–water partition coefficient (Wildman–Crippen LogP) is 4.85. The van der Waals surface area contributed by atoms with Crippen LogP contribution < -0.4 is 20.3 Å². The van der Waals surface area contributed by atoms with Gasteiger partial charge in [0.15, 0.2) is 0 Å². The van der Waals surface area contributed by atoms with E-state index in [0.29, 0.717) is 60.2 Å². The van der Waals surface area contributed by atoms with Gasteiger partial charge in [0.05, 0.1) is 29.8 Å². The molecule has 3 aromatic rings. The van der Waals surface area contributed by atoms with Gasteiger partial charge in [-0.3, -0.25) is 19.1 Å². The Hall–Kier alpha value is -3.85. The molecule has 13 heteroatoms. The lowest BCUT2D eigenvalue weighted by Gasteiger charge is -2.44. The molecule has 0 atom stereocenters. The molecule has 0 unspecified atom stereocenters. The second kappa shape index (κ2) is 13.4. The molecule has 0 spiro atoms. The van der Waals surface area contributed by atoms with Crippen molar-refractivity contribution in [2.24, 2.45) is 5.41 Å². The molecule has 1 N–H and O–H groups in total. The average molecular weight is 643 g/mol. The quantitative estimate of drug-likeness (QED) is 0.244. The van der Waals surface area contributed by atoms with Crippen LogP contribution in [0.5, 0.6) is 11.5 Å². The number of likely N-dealkylation sites (tertiary alicyclic amines) is 1. The molecule has 1 aliphatic heterocycles. The number of benzene rings is 1.